The Bertz CT molecular complexity index is 1220. The molecule has 2 fully saturated rings. The van der Waals surface area contributed by atoms with E-state index >= 15 is 0 Å². The molecule has 0 spiro atoms. The number of hydrogen-bond donors (Lipinski definition) is 2. The number of carbonyl (C=O) groups excluding carboxylic acids is 1. The van der Waals surface area contributed by atoms with E-state index in [2.05, 4.69) is 21.5 Å². The number of fused-ring (bicyclic) bond motifs is 2. The fraction of sp³-hybridized carbons (Fsp3) is 0.364. The Balaban J connectivity index is 1.56. The SMILES string of the molecule is CC1(C)O[C@H]2[C@@H](O1)[C@](C#N)(c1ccc3c(NC(=O)c4ccccc4)ncnn13)O[C@@H]2CO. The summed E-state index contributed by atoms with van der Waals surface area (Å²) in [4.78, 5) is 16.8. The normalized spacial score (nSPS) is 28.4. The minimum atomic E-state index is -1.58. The maximum atomic E-state index is 12.6. The molecule has 4 atom stereocenters. The molecular weight excluding hydrogens is 414 g/mol. The molecular formula is C22H21N5O5. The van der Waals surface area contributed by atoms with Gasteiger partial charge in [0.2, 0.25) is 5.60 Å². The number of hydrogen-bond acceptors (Lipinski definition) is 8. The molecule has 0 unspecified atom stereocenters. The third kappa shape index (κ3) is 3.06. The fourth-order valence-corrected chi connectivity index (χ4v) is 4.32. The maximum Gasteiger partial charge on any atom is 0.256 e. The lowest BCUT2D eigenvalue weighted by atomic mass is 9.92. The van der Waals surface area contributed by atoms with Crippen LogP contribution in [-0.4, -0.2) is 56.3 Å². The number of nitrogens with zero attached hydrogens (tertiary/aromatic N) is 4. The minimum Gasteiger partial charge on any atom is -0.394 e. The molecule has 2 aromatic heterocycles. The van der Waals surface area contributed by atoms with Crippen molar-refractivity contribution >= 4 is 17.2 Å². The van der Waals surface area contributed by atoms with E-state index in [1.807, 2.05) is 6.07 Å². The van der Waals surface area contributed by atoms with Crippen molar-refractivity contribution in [2.45, 2.75) is 43.5 Å². The second kappa shape index (κ2) is 7.36. The first-order chi connectivity index (χ1) is 15.4. The smallest absolute Gasteiger partial charge is 0.256 e. The van der Waals surface area contributed by atoms with Crippen molar-refractivity contribution in [3.8, 4) is 6.07 Å². The quantitative estimate of drug-likeness (QED) is 0.632. The Hall–Kier alpha value is -3.36. The Morgan fingerprint density at radius 2 is 2.00 bits per heavy atom. The van der Waals surface area contributed by atoms with Gasteiger partial charge in [-0.3, -0.25) is 4.79 Å². The van der Waals surface area contributed by atoms with Crippen LogP contribution in [0.25, 0.3) is 5.52 Å². The summed E-state index contributed by atoms with van der Waals surface area (Å²) in [5.74, 6) is -0.980. The molecule has 2 aliphatic rings. The van der Waals surface area contributed by atoms with Gasteiger partial charge in [-0.2, -0.15) is 10.4 Å². The Labute approximate surface area is 183 Å². The van der Waals surface area contributed by atoms with Gasteiger partial charge < -0.3 is 24.6 Å². The average molecular weight is 435 g/mol. The predicted octanol–water partition coefficient (Wildman–Crippen LogP) is 1.61. The highest BCUT2D eigenvalue weighted by molar-refractivity contribution is 6.05. The lowest BCUT2D eigenvalue weighted by Gasteiger charge is -2.28. The summed E-state index contributed by atoms with van der Waals surface area (Å²) < 4.78 is 19.5. The molecule has 10 nitrogen and oxygen atoms in total. The molecule has 1 amide bonds. The molecule has 32 heavy (non-hydrogen) atoms. The highest BCUT2D eigenvalue weighted by Crippen LogP contribution is 2.49. The van der Waals surface area contributed by atoms with E-state index in [-0.39, 0.29) is 18.3 Å². The standard InChI is InChI=1S/C22H21N5O5/c1-21(2)31-17-15(10-28)30-22(11-23,18(17)32-21)16-9-8-14-19(24-12-25-27(14)16)26-20(29)13-6-4-3-5-7-13/h3-9,12,15,17-18,28H,10H2,1-2H3,(H,24,25,26,29)/t15-,17-,18-,22+/m1/s1. The van der Waals surface area contributed by atoms with Crippen LogP contribution in [0.1, 0.15) is 29.9 Å². The van der Waals surface area contributed by atoms with Crippen LogP contribution in [0, 0.1) is 11.3 Å². The maximum absolute atomic E-state index is 12.6. The molecule has 2 aliphatic heterocycles. The van der Waals surface area contributed by atoms with Gasteiger partial charge in [-0.1, -0.05) is 18.2 Å². The van der Waals surface area contributed by atoms with Crippen LogP contribution in [0.5, 0.6) is 0 Å². The van der Waals surface area contributed by atoms with E-state index in [1.54, 1.807) is 50.2 Å². The van der Waals surface area contributed by atoms with E-state index in [0.717, 1.165) is 0 Å². The lowest BCUT2D eigenvalue weighted by molar-refractivity contribution is -0.204. The van der Waals surface area contributed by atoms with Gasteiger partial charge in [0.25, 0.3) is 5.91 Å². The molecule has 1 aromatic carbocycles. The summed E-state index contributed by atoms with van der Waals surface area (Å²) in [7, 11) is 0. The van der Waals surface area contributed by atoms with Crippen molar-refractivity contribution in [1.82, 2.24) is 14.6 Å². The molecule has 0 aliphatic carbocycles. The van der Waals surface area contributed by atoms with Crippen molar-refractivity contribution in [3.05, 3.63) is 60.0 Å². The van der Waals surface area contributed by atoms with Gasteiger partial charge in [0, 0.05) is 5.56 Å². The van der Waals surface area contributed by atoms with Gasteiger partial charge >= 0.3 is 0 Å². The molecule has 2 N–H and O–H groups in total. The van der Waals surface area contributed by atoms with Crippen LogP contribution in [0.4, 0.5) is 5.82 Å². The topological polar surface area (TPSA) is 131 Å². The second-order valence-corrected chi connectivity index (χ2v) is 8.15. The average Bonchev–Trinajstić information content (AvgIpc) is 3.45. The Morgan fingerprint density at radius 1 is 1.22 bits per heavy atom. The Kier molecular flexibility index (Phi) is 4.72. The number of anilines is 1. The van der Waals surface area contributed by atoms with E-state index in [4.69, 9.17) is 14.2 Å². The summed E-state index contributed by atoms with van der Waals surface area (Å²) in [6.45, 7) is 3.16. The minimum absolute atomic E-state index is 0.283. The molecule has 10 heteroatoms. The van der Waals surface area contributed by atoms with Gasteiger partial charge in [-0.15, -0.1) is 0 Å². The van der Waals surface area contributed by atoms with E-state index in [1.165, 1.54) is 10.8 Å². The zero-order valence-electron chi connectivity index (χ0n) is 17.4. The zero-order chi connectivity index (χ0) is 22.5. The predicted molar refractivity (Wildman–Crippen MR) is 110 cm³/mol. The molecule has 3 aromatic rings. The second-order valence-electron chi connectivity index (χ2n) is 8.15. The van der Waals surface area contributed by atoms with Crippen molar-refractivity contribution in [2.75, 3.05) is 11.9 Å². The van der Waals surface area contributed by atoms with E-state index < -0.39 is 29.7 Å². The molecule has 5 rings (SSSR count). The highest BCUT2D eigenvalue weighted by Gasteiger charge is 2.65. The van der Waals surface area contributed by atoms with Gasteiger partial charge in [-0.05, 0) is 38.1 Å². The first kappa shape index (κ1) is 20.5. The first-order valence-electron chi connectivity index (χ1n) is 10.1. The lowest BCUT2D eigenvalue weighted by Crippen LogP contribution is -2.40. The summed E-state index contributed by atoms with van der Waals surface area (Å²) in [5.41, 5.74) is -0.226. The molecule has 0 saturated carbocycles. The van der Waals surface area contributed by atoms with Crippen molar-refractivity contribution in [3.63, 3.8) is 0 Å². The van der Waals surface area contributed by atoms with E-state index in [0.29, 0.717) is 16.8 Å². The number of nitriles is 1. The molecule has 2 saturated heterocycles. The largest absolute Gasteiger partial charge is 0.394 e. The van der Waals surface area contributed by atoms with Crippen molar-refractivity contribution < 1.29 is 24.1 Å². The summed E-state index contributed by atoms with van der Waals surface area (Å²) in [5, 5.41) is 27.1. The zero-order valence-corrected chi connectivity index (χ0v) is 17.4. The number of amides is 1. The molecule has 164 valence electrons. The van der Waals surface area contributed by atoms with Gasteiger partial charge in [0.15, 0.2) is 11.6 Å². The van der Waals surface area contributed by atoms with Crippen molar-refractivity contribution in [2.24, 2.45) is 0 Å². The number of carbonyl (C=O) groups is 1. The van der Waals surface area contributed by atoms with E-state index in [9.17, 15) is 15.2 Å². The van der Waals surface area contributed by atoms with Gasteiger partial charge in [0.05, 0.1) is 12.3 Å². The van der Waals surface area contributed by atoms with Gasteiger partial charge in [-0.25, -0.2) is 9.50 Å². The molecule has 0 bridgehead atoms. The Morgan fingerprint density at radius 3 is 2.72 bits per heavy atom. The number of benzene rings is 1. The summed E-state index contributed by atoms with van der Waals surface area (Å²) >= 11 is 0. The summed E-state index contributed by atoms with van der Waals surface area (Å²) in [6, 6.07) is 14.4. The number of aliphatic hydroxyl groups is 1. The monoisotopic (exact) mass is 435 g/mol. The fourth-order valence-electron chi connectivity index (χ4n) is 4.32. The van der Waals surface area contributed by atoms with Crippen LogP contribution >= 0.6 is 0 Å². The molecule has 0 radical (unpaired) electrons. The number of aliphatic hydroxyl groups excluding tert-OH is 1. The number of ether oxygens (including phenoxy) is 3. The highest BCUT2D eigenvalue weighted by atomic mass is 16.8. The van der Waals surface area contributed by atoms with Crippen LogP contribution in [0.2, 0.25) is 0 Å². The van der Waals surface area contributed by atoms with Crippen LogP contribution < -0.4 is 5.32 Å². The third-order valence-electron chi connectivity index (χ3n) is 5.68. The van der Waals surface area contributed by atoms with Crippen LogP contribution in [0.3, 0.4) is 0 Å². The van der Waals surface area contributed by atoms with Crippen LogP contribution in [-0.2, 0) is 19.8 Å². The van der Waals surface area contributed by atoms with Crippen LogP contribution in [0.15, 0.2) is 48.8 Å². The number of nitrogens with one attached hydrogen (secondary N) is 1. The van der Waals surface area contributed by atoms with Gasteiger partial charge in [0.1, 0.15) is 36.2 Å². The molecule has 4 heterocycles. The summed E-state index contributed by atoms with van der Waals surface area (Å²) in [6.07, 6.45) is -0.867. The first-order valence-corrected chi connectivity index (χ1v) is 10.1. The number of rotatable bonds is 4. The third-order valence-corrected chi connectivity index (χ3v) is 5.68. The number of aromatic nitrogens is 3. The van der Waals surface area contributed by atoms with Crippen molar-refractivity contribution in [1.29, 1.82) is 5.26 Å².